The van der Waals surface area contributed by atoms with Crippen molar-refractivity contribution in [3.63, 3.8) is 0 Å². The summed E-state index contributed by atoms with van der Waals surface area (Å²) in [5.41, 5.74) is 0. The van der Waals surface area contributed by atoms with E-state index in [1.165, 1.54) is 0 Å². The Morgan fingerprint density at radius 1 is 0.773 bits per heavy atom. The smallest absolute Gasteiger partial charge is 0.460 e. The Morgan fingerprint density at radius 3 is 1.41 bits per heavy atom. The molecule has 0 bridgehead atoms. The van der Waals surface area contributed by atoms with Gasteiger partial charge in [0.2, 0.25) is 0 Å². The minimum absolute atomic E-state index is 0.382. The lowest BCUT2D eigenvalue weighted by Crippen LogP contribution is -2.66. The molecule has 0 unspecified atom stereocenters. The Bertz CT molecular complexity index is 474. The molecular formula is C9H5F11O2. The van der Waals surface area contributed by atoms with E-state index >= 15 is 0 Å². The average molecular weight is 354 g/mol. The van der Waals surface area contributed by atoms with Gasteiger partial charge in [0.1, 0.15) is 0 Å². The van der Waals surface area contributed by atoms with Crippen molar-refractivity contribution in [3.8, 4) is 0 Å². The van der Waals surface area contributed by atoms with E-state index in [9.17, 15) is 53.1 Å². The fourth-order valence-corrected chi connectivity index (χ4v) is 1.02. The molecule has 0 saturated heterocycles. The van der Waals surface area contributed by atoms with Gasteiger partial charge in [0.15, 0.2) is 11.5 Å². The second-order valence-corrected chi connectivity index (χ2v) is 3.94. The molecule has 0 atom stereocenters. The summed E-state index contributed by atoms with van der Waals surface area (Å²) < 4.78 is 137. The van der Waals surface area contributed by atoms with Crippen LogP contribution in [0.25, 0.3) is 0 Å². The van der Waals surface area contributed by atoms with Gasteiger partial charge in [0.05, 0.1) is 0 Å². The van der Waals surface area contributed by atoms with Gasteiger partial charge in [-0.1, -0.05) is 0 Å². The van der Waals surface area contributed by atoms with Crippen molar-refractivity contribution in [2.75, 3.05) is 0 Å². The number of hydrogen-bond donors (Lipinski definition) is 1. The highest BCUT2D eigenvalue weighted by Gasteiger charge is 2.87. The summed E-state index contributed by atoms with van der Waals surface area (Å²) in [6, 6.07) is 0. The molecule has 0 spiro atoms. The van der Waals surface area contributed by atoms with E-state index in [2.05, 4.69) is 0 Å². The number of hydrogen-bond acceptors (Lipinski definition) is 2. The molecule has 0 radical (unpaired) electrons. The third-order valence-corrected chi connectivity index (χ3v) is 2.20. The zero-order valence-electron chi connectivity index (χ0n) is 10.1. The van der Waals surface area contributed by atoms with Crippen molar-refractivity contribution >= 4 is 5.78 Å². The lowest BCUT2D eigenvalue weighted by Gasteiger charge is -2.36. The van der Waals surface area contributed by atoms with Crippen LogP contribution >= 0.6 is 0 Å². The van der Waals surface area contributed by atoms with E-state index in [4.69, 9.17) is 5.11 Å². The number of allylic oxidation sites excluding steroid dienone is 2. The average Bonchev–Trinajstić information content (AvgIpc) is 2.25. The normalized spacial score (nSPS) is 15.9. The molecule has 0 aliphatic carbocycles. The summed E-state index contributed by atoms with van der Waals surface area (Å²) in [6.07, 6.45) is -8.01. The van der Waals surface area contributed by atoms with Gasteiger partial charge in [0.25, 0.3) is 0 Å². The SMILES string of the molecule is CC(=O)/C=C(\O)C(F)(F)C(F)(F)C(F)(F)C(F)(F)C(F)(F)F. The molecule has 22 heavy (non-hydrogen) atoms. The maximum atomic E-state index is 13.0. The molecule has 13 heteroatoms. The Hall–Kier alpha value is -1.56. The molecule has 0 rings (SSSR count). The van der Waals surface area contributed by atoms with Crippen LogP contribution in [0.3, 0.4) is 0 Å². The topological polar surface area (TPSA) is 37.3 Å². The van der Waals surface area contributed by atoms with E-state index in [1.54, 1.807) is 0 Å². The van der Waals surface area contributed by atoms with E-state index in [0.717, 1.165) is 0 Å². The monoisotopic (exact) mass is 354 g/mol. The molecule has 2 nitrogen and oxygen atoms in total. The first-order chi connectivity index (χ1) is 9.34. The van der Waals surface area contributed by atoms with E-state index < -0.39 is 47.5 Å². The van der Waals surface area contributed by atoms with Crippen molar-refractivity contribution in [3.05, 3.63) is 11.8 Å². The zero-order chi connectivity index (χ0) is 18.4. The molecule has 0 aromatic heterocycles. The zero-order valence-corrected chi connectivity index (χ0v) is 10.1. The van der Waals surface area contributed by atoms with Crippen LogP contribution in [0.5, 0.6) is 0 Å². The van der Waals surface area contributed by atoms with Crippen molar-refractivity contribution in [1.29, 1.82) is 0 Å². The van der Waals surface area contributed by atoms with E-state index in [1.807, 2.05) is 0 Å². The fraction of sp³-hybridized carbons (Fsp3) is 0.667. The largest absolute Gasteiger partial charge is 0.506 e. The van der Waals surface area contributed by atoms with Gasteiger partial charge >= 0.3 is 29.9 Å². The molecule has 0 heterocycles. The number of halogens is 11. The Kier molecular flexibility index (Phi) is 4.89. The van der Waals surface area contributed by atoms with Crippen LogP contribution in [0.1, 0.15) is 6.92 Å². The summed E-state index contributed by atoms with van der Waals surface area (Å²) in [7, 11) is 0. The second kappa shape index (κ2) is 5.26. The molecule has 0 aliphatic rings. The summed E-state index contributed by atoms with van der Waals surface area (Å²) in [6.45, 7) is 0.382. The highest BCUT2D eigenvalue weighted by Crippen LogP contribution is 2.58. The third kappa shape index (κ3) is 2.84. The predicted octanol–water partition coefficient (Wildman–Crippen LogP) is 4.12. The number of aliphatic hydroxyl groups excluding tert-OH is 1. The van der Waals surface area contributed by atoms with E-state index in [-0.39, 0.29) is 0 Å². The van der Waals surface area contributed by atoms with Crippen molar-refractivity contribution in [2.45, 2.75) is 36.8 Å². The molecule has 130 valence electrons. The van der Waals surface area contributed by atoms with Crippen LogP contribution in [0.2, 0.25) is 0 Å². The summed E-state index contributed by atoms with van der Waals surface area (Å²) in [5, 5.41) is 8.47. The standard InChI is InChI=1S/C9H5F11O2/c1-3(21)2-4(22)5(10,11)6(12,13)7(14,15)8(16,17)9(18,19)20/h2,22H,1H3/b4-2-. The summed E-state index contributed by atoms with van der Waals surface area (Å²) in [5.74, 6) is -33.8. The maximum Gasteiger partial charge on any atom is 0.460 e. The third-order valence-electron chi connectivity index (χ3n) is 2.20. The van der Waals surface area contributed by atoms with Gasteiger partial charge in [-0.3, -0.25) is 4.79 Å². The highest BCUT2D eigenvalue weighted by molar-refractivity contribution is 5.87. The van der Waals surface area contributed by atoms with Crippen molar-refractivity contribution < 1.29 is 58.2 Å². The molecule has 0 aliphatic heterocycles. The van der Waals surface area contributed by atoms with Gasteiger partial charge in [-0.2, -0.15) is 48.3 Å². The predicted molar refractivity (Wildman–Crippen MR) is 47.2 cm³/mol. The molecule has 1 N–H and O–H groups in total. The first-order valence-corrected chi connectivity index (χ1v) is 4.83. The molecule has 0 amide bonds. The molecule has 0 aromatic carbocycles. The number of alkyl halides is 11. The highest BCUT2D eigenvalue weighted by atomic mass is 19.4. The molecule has 0 aromatic rings. The first-order valence-electron chi connectivity index (χ1n) is 4.83. The van der Waals surface area contributed by atoms with Crippen LogP contribution < -0.4 is 0 Å². The maximum absolute atomic E-state index is 13.0. The first kappa shape index (κ1) is 20.4. The lowest BCUT2D eigenvalue weighted by molar-refractivity contribution is -0.419. The van der Waals surface area contributed by atoms with E-state index in [0.29, 0.717) is 6.92 Å². The number of aliphatic hydroxyl groups is 1. The number of ketones is 1. The fourth-order valence-electron chi connectivity index (χ4n) is 1.02. The van der Waals surface area contributed by atoms with Crippen LogP contribution in [0.4, 0.5) is 48.3 Å². The van der Waals surface area contributed by atoms with Crippen molar-refractivity contribution in [1.82, 2.24) is 0 Å². The summed E-state index contributed by atoms with van der Waals surface area (Å²) >= 11 is 0. The van der Waals surface area contributed by atoms with Crippen LogP contribution in [-0.4, -0.2) is 40.8 Å². The van der Waals surface area contributed by atoms with Gasteiger partial charge in [-0.25, -0.2) is 0 Å². The van der Waals surface area contributed by atoms with Crippen LogP contribution in [0.15, 0.2) is 11.8 Å². The van der Waals surface area contributed by atoms with Gasteiger partial charge in [-0.15, -0.1) is 0 Å². The van der Waals surface area contributed by atoms with Gasteiger partial charge in [0, 0.05) is 6.08 Å². The lowest BCUT2D eigenvalue weighted by atomic mass is 9.96. The minimum atomic E-state index is -7.62. The Labute approximate surface area is 114 Å². The molecule has 0 fully saturated rings. The number of carbonyl (C=O) groups is 1. The Morgan fingerprint density at radius 2 is 1.14 bits per heavy atom. The van der Waals surface area contributed by atoms with Crippen LogP contribution in [0, 0.1) is 0 Å². The van der Waals surface area contributed by atoms with Crippen molar-refractivity contribution in [2.24, 2.45) is 0 Å². The second-order valence-electron chi connectivity index (χ2n) is 3.94. The number of carbonyl (C=O) groups excluding carboxylic acids is 1. The van der Waals surface area contributed by atoms with Crippen LogP contribution in [-0.2, 0) is 4.79 Å². The summed E-state index contributed by atoms with van der Waals surface area (Å²) in [4.78, 5) is 10.3. The Balaban J connectivity index is 6.17. The van der Waals surface area contributed by atoms with Gasteiger partial charge < -0.3 is 5.11 Å². The molecular weight excluding hydrogens is 349 g/mol. The number of rotatable bonds is 5. The molecule has 0 saturated carbocycles. The quantitative estimate of drug-likeness (QED) is 0.458. The van der Waals surface area contributed by atoms with Gasteiger partial charge in [-0.05, 0) is 6.92 Å². The minimum Gasteiger partial charge on any atom is -0.506 e.